The Bertz CT molecular complexity index is 273. The van der Waals surface area contributed by atoms with Crippen molar-refractivity contribution in [3.8, 4) is 0 Å². The van der Waals surface area contributed by atoms with Crippen LogP contribution in [0.3, 0.4) is 0 Å². The molecule has 0 radical (unpaired) electrons. The van der Waals surface area contributed by atoms with Gasteiger partial charge in [0.25, 0.3) is 0 Å². The van der Waals surface area contributed by atoms with Crippen molar-refractivity contribution in [2.45, 2.75) is 25.8 Å². The first-order valence-electron chi connectivity index (χ1n) is 5.56. The fourth-order valence-electron chi connectivity index (χ4n) is 2.23. The van der Waals surface area contributed by atoms with E-state index in [1.54, 1.807) is 0 Å². The first kappa shape index (κ1) is 10.6. The molecule has 0 bridgehead atoms. The molecule has 1 aromatic heterocycles. The molecule has 1 unspecified atom stereocenters. The van der Waals surface area contributed by atoms with Gasteiger partial charge in [-0.05, 0) is 38.3 Å². The predicted molar refractivity (Wildman–Crippen MR) is 56.0 cm³/mol. The predicted octanol–water partition coefficient (Wildman–Crippen LogP) is 0.630. The second-order valence-corrected chi connectivity index (χ2v) is 4.17. The Labute approximate surface area is 89.6 Å². The van der Waals surface area contributed by atoms with Crippen molar-refractivity contribution in [2.24, 2.45) is 11.7 Å². The second-order valence-electron chi connectivity index (χ2n) is 4.17. The minimum Gasteiger partial charge on any atom is -0.343 e. The van der Waals surface area contributed by atoms with Crippen LogP contribution in [0.1, 0.15) is 25.1 Å². The van der Waals surface area contributed by atoms with E-state index in [9.17, 15) is 0 Å². The van der Waals surface area contributed by atoms with Crippen LogP contribution >= 0.6 is 0 Å². The fourth-order valence-corrected chi connectivity index (χ4v) is 2.23. The summed E-state index contributed by atoms with van der Waals surface area (Å²) in [6, 6.07) is 0. The molecule has 0 amide bonds. The normalized spacial score (nSPS) is 23.1. The molecule has 1 atom stereocenters. The summed E-state index contributed by atoms with van der Waals surface area (Å²) >= 11 is 0. The monoisotopic (exact) mass is 210 g/mol. The smallest absolute Gasteiger partial charge is 0.213 e. The Morgan fingerprint density at radius 2 is 2.53 bits per heavy atom. The molecule has 0 spiro atoms. The summed E-state index contributed by atoms with van der Waals surface area (Å²) in [5.41, 5.74) is 5.58. The van der Waals surface area contributed by atoms with Gasteiger partial charge in [0.1, 0.15) is 0 Å². The van der Waals surface area contributed by atoms with Crippen molar-refractivity contribution in [3.63, 3.8) is 0 Å². The zero-order chi connectivity index (χ0) is 10.5. The molecular weight excluding hydrogens is 192 g/mol. The Balaban J connectivity index is 1.82. The number of aromatic nitrogens is 2. The number of rotatable bonds is 4. The number of hydrogen-bond donors (Lipinski definition) is 1. The zero-order valence-corrected chi connectivity index (χ0v) is 8.93. The number of likely N-dealkylation sites (tertiary alicyclic amines) is 1. The molecule has 84 valence electrons. The SMILES string of the molecule is NCCC1CCCN(Cc2ncon2)C1. The van der Waals surface area contributed by atoms with E-state index in [1.165, 1.54) is 19.2 Å². The highest BCUT2D eigenvalue weighted by Crippen LogP contribution is 2.19. The van der Waals surface area contributed by atoms with Gasteiger partial charge in [0.2, 0.25) is 6.39 Å². The minimum absolute atomic E-state index is 0.746. The van der Waals surface area contributed by atoms with Crippen molar-refractivity contribution >= 4 is 0 Å². The molecule has 0 saturated carbocycles. The molecule has 5 heteroatoms. The first-order chi connectivity index (χ1) is 7.38. The lowest BCUT2D eigenvalue weighted by Crippen LogP contribution is -2.35. The van der Waals surface area contributed by atoms with Crippen LogP contribution in [0.15, 0.2) is 10.9 Å². The molecule has 1 fully saturated rings. The van der Waals surface area contributed by atoms with Gasteiger partial charge in [-0.25, -0.2) is 0 Å². The fraction of sp³-hybridized carbons (Fsp3) is 0.800. The minimum atomic E-state index is 0.746. The lowest BCUT2D eigenvalue weighted by Gasteiger charge is -2.31. The van der Waals surface area contributed by atoms with E-state index >= 15 is 0 Å². The van der Waals surface area contributed by atoms with Crippen molar-refractivity contribution in [3.05, 3.63) is 12.2 Å². The van der Waals surface area contributed by atoms with Crippen LogP contribution in [-0.4, -0.2) is 34.7 Å². The van der Waals surface area contributed by atoms with Crippen molar-refractivity contribution < 1.29 is 4.52 Å². The number of nitrogens with zero attached hydrogens (tertiary/aromatic N) is 3. The maximum Gasteiger partial charge on any atom is 0.213 e. The van der Waals surface area contributed by atoms with Crippen molar-refractivity contribution in [2.75, 3.05) is 19.6 Å². The molecule has 1 aromatic rings. The number of hydrogen-bond acceptors (Lipinski definition) is 5. The van der Waals surface area contributed by atoms with Crippen LogP contribution in [-0.2, 0) is 6.54 Å². The average molecular weight is 210 g/mol. The standard InChI is InChI=1S/C10H18N4O/c11-4-3-9-2-1-5-14(6-9)7-10-12-8-15-13-10/h8-9H,1-7,11H2. The van der Waals surface area contributed by atoms with E-state index in [1.807, 2.05) is 0 Å². The van der Waals surface area contributed by atoms with Crippen LogP contribution in [0.25, 0.3) is 0 Å². The highest BCUT2D eigenvalue weighted by atomic mass is 16.5. The largest absolute Gasteiger partial charge is 0.343 e. The first-order valence-corrected chi connectivity index (χ1v) is 5.56. The summed E-state index contributed by atoms with van der Waals surface area (Å²) < 4.78 is 4.72. The molecule has 2 rings (SSSR count). The quantitative estimate of drug-likeness (QED) is 0.789. The van der Waals surface area contributed by atoms with Gasteiger partial charge < -0.3 is 10.3 Å². The summed E-state index contributed by atoms with van der Waals surface area (Å²) in [5.74, 6) is 1.53. The van der Waals surface area contributed by atoms with Gasteiger partial charge in [-0.1, -0.05) is 5.16 Å². The Morgan fingerprint density at radius 1 is 1.60 bits per heavy atom. The van der Waals surface area contributed by atoms with E-state index in [-0.39, 0.29) is 0 Å². The molecule has 1 aliphatic heterocycles. The Hall–Kier alpha value is -0.940. The van der Waals surface area contributed by atoms with Crippen LogP contribution in [0.5, 0.6) is 0 Å². The second kappa shape index (κ2) is 5.23. The maximum absolute atomic E-state index is 5.58. The summed E-state index contributed by atoms with van der Waals surface area (Å²) in [4.78, 5) is 6.42. The molecule has 2 heterocycles. The summed E-state index contributed by atoms with van der Waals surface area (Å²) in [6.45, 7) is 3.85. The third kappa shape index (κ3) is 3.00. The summed E-state index contributed by atoms with van der Waals surface area (Å²) in [6.07, 6.45) is 5.07. The molecule has 0 aromatic carbocycles. The Morgan fingerprint density at radius 3 is 3.27 bits per heavy atom. The van der Waals surface area contributed by atoms with Crippen molar-refractivity contribution in [1.29, 1.82) is 0 Å². The molecular formula is C10H18N4O. The average Bonchev–Trinajstić information content (AvgIpc) is 2.71. The van der Waals surface area contributed by atoms with Crippen molar-refractivity contribution in [1.82, 2.24) is 15.0 Å². The van der Waals surface area contributed by atoms with Crippen LogP contribution in [0, 0.1) is 5.92 Å². The van der Waals surface area contributed by atoms with Gasteiger partial charge in [0.15, 0.2) is 5.82 Å². The maximum atomic E-state index is 5.58. The molecule has 15 heavy (non-hydrogen) atoms. The zero-order valence-electron chi connectivity index (χ0n) is 8.93. The van der Waals surface area contributed by atoms with Gasteiger partial charge in [-0.15, -0.1) is 0 Å². The molecule has 0 aliphatic carbocycles. The third-order valence-corrected chi connectivity index (χ3v) is 2.95. The number of nitrogens with two attached hydrogens (primary N) is 1. The van der Waals surface area contributed by atoms with E-state index in [4.69, 9.17) is 10.3 Å². The van der Waals surface area contributed by atoms with Gasteiger partial charge in [-0.2, -0.15) is 4.98 Å². The van der Waals surface area contributed by atoms with Gasteiger partial charge in [0.05, 0.1) is 6.54 Å². The molecule has 1 aliphatic rings. The van der Waals surface area contributed by atoms with Gasteiger partial charge >= 0.3 is 0 Å². The van der Waals surface area contributed by atoms with Crippen LogP contribution in [0.4, 0.5) is 0 Å². The molecule has 1 saturated heterocycles. The van der Waals surface area contributed by atoms with E-state index in [0.717, 1.165) is 44.3 Å². The third-order valence-electron chi connectivity index (χ3n) is 2.95. The van der Waals surface area contributed by atoms with E-state index in [0.29, 0.717) is 0 Å². The van der Waals surface area contributed by atoms with Gasteiger partial charge in [-0.3, -0.25) is 4.90 Å². The lowest BCUT2D eigenvalue weighted by atomic mass is 9.95. The van der Waals surface area contributed by atoms with Gasteiger partial charge in [0, 0.05) is 6.54 Å². The van der Waals surface area contributed by atoms with E-state index < -0.39 is 0 Å². The van der Waals surface area contributed by atoms with E-state index in [2.05, 4.69) is 15.0 Å². The summed E-state index contributed by atoms with van der Waals surface area (Å²) in [7, 11) is 0. The lowest BCUT2D eigenvalue weighted by molar-refractivity contribution is 0.158. The number of piperidine rings is 1. The van der Waals surface area contributed by atoms with Crippen LogP contribution < -0.4 is 5.73 Å². The Kier molecular flexibility index (Phi) is 3.69. The highest BCUT2D eigenvalue weighted by molar-refractivity contribution is 4.81. The molecule has 2 N–H and O–H groups in total. The van der Waals surface area contributed by atoms with Crippen LogP contribution in [0.2, 0.25) is 0 Å². The topological polar surface area (TPSA) is 68.2 Å². The highest BCUT2D eigenvalue weighted by Gasteiger charge is 2.20. The molecule has 5 nitrogen and oxygen atoms in total. The summed E-state index contributed by atoms with van der Waals surface area (Å²) in [5, 5.41) is 3.83.